The Balaban J connectivity index is 0.00000155. The average Bonchev–Trinajstić information content (AvgIpc) is 2.81. The van der Waals surface area contributed by atoms with Crippen LogP contribution in [-0.4, -0.2) is 26.4 Å². The molecule has 0 spiro atoms. The van der Waals surface area contributed by atoms with Crippen molar-refractivity contribution in [3.05, 3.63) is 23.2 Å². The summed E-state index contributed by atoms with van der Waals surface area (Å²) < 4.78 is 44.6. The minimum atomic E-state index is -0.918. The molecule has 0 aromatic heterocycles. The molecule has 5 heteroatoms. The number of allylic oxidation sites excluding steroid dienone is 4. The highest BCUT2D eigenvalue weighted by atomic mass is 19.2. The molecule has 3 rings (SSSR count). The molecule has 0 radical (unpaired) electrons. The van der Waals surface area contributed by atoms with E-state index in [4.69, 9.17) is 14.2 Å². The highest BCUT2D eigenvalue weighted by Crippen LogP contribution is 2.38. The van der Waals surface area contributed by atoms with Gasteiger partial charge in [-0.05, 0) is 37.5 Å². The van der Waals surface area contributed by atoms with Gasteiger partial charge in [0.1, 0.15) is 11.5 Å². The van der Waals surface area contributed by atoms with E-state index in [1.165, 1.54) is 52.1 Å². The molecular formula is C25H42F2O3. The number of hydrogen-bond acceptors (Lipinski definition) is 3. The van der Waals surface area contributed by atoms with Gasteiger partial charge in [0.05, 0.1) is 26.4 Å². The normalized spacial score (nSPS) is 29.9. The number of ether oxygens (including phenoxy) is 3. The Labute approximate surface area is 182 Å². The molecule has 0 aromatic rings. The van der Waals surface area contributed by atoms with Crippen LogP contribution in [0.2, 0.25) is 0 Å². The van der Waals surface area contributed by atoms with Gasteiger partial charge in [-0.15, -0.1) is 0 Å². The van der Waals surface area contributed by atoms with Crippen LogP contribution in [0, 0.1) is 17.8 Å². The molecule has 2 aliphatic carbocycles. The summed E-state index contributed by atoms with van der Waals surface area (Å²) in [4.78, 5) is 0. The maximum Gasteiger partial charge on any atom is 0.199 e. The molecule has 30 heavy (non-hydrogen) atoms. The number of hydrogen-bond donors (Lipinski definition) is 0. The fraction of sp³-hybridized carbons (Fsp3) is 0.840. The van der Waals surface area contributed by atoms with E-state index in [-0.39, 0.29) is 17.4 Å². The first-order valence-electron chi connectivity index (χ1n) is 12.2. The van der Waals surface area contributed by atoms with Gasteiger partial charge in [0.25, 0.3) is 0 Å². The molecule has 1 saturated heterocycles. The van der Waals surface area contributed by atoms with Gasteiger partial charge in [-0.2, -0.15) is 8.78 Å². The fourth-order valence-corrected chi connectivity index (χ4v) is 4.91. The molecule has 0 N–H and O–H groups in total. The summed E-state index contributed by atoms with van der Waals surface area (Å²) in [5.74, 6) is 0.241. The number of rotatable bonds is 8. The smallest absolute Gasteiger partial charge is 0.199 e. The topological polar surface area (TPSA) is 27.7 Å². The quantitative estimate of drug-likeness (QED) is 0.398. The Morgan fingerprint density at radius 2 is 1.53 bits per heavy atom. The van der Waals surface area contributed by atoms with Gasteiger partial charge in [-0.1, -0.05) is 52.9 Å². The van der Waals surface area contributed by atoms with E-state index in [2.05, 4.69) is 6.92 Å². The molecule has 2 atom stereocenters. The van der Waals surface area contributed by atoms with Crippen LogP contribution in [0.4, 0.5) is 8.78 Å². The minimum Gasteiger partial charge on any atom is -0.498 e. The lowest BCUT2D eigenvalue weighted by molar-refractivity contribution is -0.0705. The van der Waals surface area contributed by atoms with Crippen LogP contribution in [0.25, 0.3) is 0 Å². The average molecular weight is 429 g/mol. The molecule has 2 unspecified atom stereocenters. The van der Waals surface area contributed by atoms with Crippen molar-refractivity contribution in [2.24, 2.45) is 17.8 Å². The fourth-order valence-electron chi connectivity index (χ4n) is 4.91. The largest absolute Gasteiger partial charge is 0.498 e. The van der Waals surface area contributed by atoms with E-state index in [1.54, 1.807) is 0 Å². The summed E-state index contributed by atoms with van der Waals surface area (Å²) in [7, 11) is 1.36. The summed E-state index contributed by atoms with van der Waals surface area (Å²) in [6.07, 6.45) is 12.5. The molecule has 1 saturated carbocycles. The van der Waals surface area contributed by atoms with Crippen LogP contribution >= 0.6 is 0 Å². The Hall–Kier alpha value is -1.10. The van der Waals surface area contributed by atoms with Crippen molar-refractivity contribution in [2.75, 3.05) is 20.3 Å². The lowest BCUT2D eigenvalue weighted by Crippen LogP contribution is -2.35. The first-order chi connectivity index (χ1) is 14.6. The lowest BCUT2D eigenvalue weighted by atomic mass is 9.76. The molecule has 1 aliphatic heterocycles. The summed E-state index contributed by atoms with van der Waals surface area (Å²) in [5, 5.41) is 0. The number of halogens is 2. The van der Waals surface area contributed by atoms with Gasteiger partial charge in [-0.3, -0.25) is 0 Å². The second-order valence-electron chi connectivity index (χ2n) is 8.73. The summed E-state index contributed by atoms with van der Waals surface area (Å²) >= 11 is 0. The van der Waals surface area contributed by atoms with Gasteiger partial charge in [0.15, 0.2) is 11.7 Å². The van der Waals surface area contributed by atoms with Crippen molar-refractivity contribution in [1.29, 1.82) is 0 Å². The lowest BCUT2D eigenvalue weighted by Gasteiger charge is -2.38. The van der Waals surface area contributed by atoms with Crippen LogP contribution in [0.15, 0.2) is 23.2 Å². The standard InChI is InChI=1S/C23H36F2O3.C2H6/c1-3-4-5-16-6-9-18(10-7-16)19-11-8-17(14-27-19)15-28-21-13-12-20(26-2)22(24)23(21)25;1-2/h16-19H,3-15H2,1-2H3;1-2H3. The van der Waals surface area contributed by atoms with E-state index in [1.807, 2.05) is 13.8 Å². The van der Waals surface area contributed by atoms with Crippen LogP contribution < -0.4 is 0 Å². The van der Waals surface area contributed by atoms with E-state index in [0.29, 0.717) is 38.1 Å². The monoisotopic (exact) mass is 428 g/mol. The van der Waals surface area contributed by atoms with Crippen molar-refractivity contribution in [3.63, 3.8) is 0 Å². The van der Waals surface area contributed by atoms with Crippen molar-refractivity contribution in [2.45, 2.75) is 97.5 Å². The van der Waals surface area contributed by atoms with Crippen molar-refractivity contribution >= 4 is 0 Å². The maximum atomic E-state index is 14.1. The third kappa shape index (κ3) is 6.96. The number of unbranched alkanes of at least 4 members (excludes halogenated alkanes) is 1. The maximum absolute atomic E-state index is 14.1. The zero-order valence-electron chi connectivity index (χ0n) is 19.5. The molecule has 0 bridgehead atoms. The highest BCUT2D eigenvalue weighted by molar-refractivity contribution is 5.29. The second-order valence-corrected chi connectivity index (χ2v) is 8.73. The predicted octanol–water partition coefficient (Wildman–Crippen LogP) is 7.62. The SMILES string of the molecule is CC.CCCCC1CCC(C2CCC(COC3=C(F)C(F)=C(OC)CC3)CO2)CC1. The van der Waals surface area contributed by atoms with E-state index in [9.17, 15) is 8.78 Å². The molecule has 0 amide bonds. The van der Waals surface area contributed by atoms with Crippen molar-refractivity contribution in [1.82, 2.24) is 0 Å². The van der Waals surface area contributed by atoms with Crippen LogP contribution in [0.5, 0.6) is 0 Å². The predicted molar refractivity (Wildman–Crippen MR) is 117 cm³/mol. The Morgan fingerprint density at radius 1 is 0.900 bits per heavy atom. The molecule has 2 fully saturated rings. The summed E-state index contributed by atoms with van der Waals surface area (Å²) in [5.41, 5.74) is 0. The van der Waals surface area contributed by atoms with Crippen LogP contribution in [-0.2, 0) is 14.2 Å². The molecule has 0 aromatic carbocycles. The van der Waals surface area contributed by atoms with Crippen molar-refractivity contribution in [3.8, 4) is 0 Å². The molecule has 1 heterocycles. The third-order valence-corrected chi connectivity index (χ3v) is 6.79. The molecule has 174 valence electrons. The number of methoxy groups -OCH3 is 1. The first kappa shape index (κ1) is 25.2. The van der Waals surface area contributed by atoms with E-state index >= 15 is 0 Å². The highest BCUT2D eigenvalue weighted by Gasteiger charge is 2.32. The Morgan fingerprint density at radius 3 is 2.13 bits per heavy atom. The van der Waals surface area contributed by atoms with Gasteiger partial charge in [0, 0.05) is 18.8 Å². The van der Waals surface area contributed by atoms with Gasteiger partial charge in [-0.25, -0.2) is 0 Å². The molecular weight excluding hydrogens is 386 g/mol. The zero-order valence-corrected chi connectivity index (χ0v) is 19.5. The second kappa shape index (κ2) is 13.3. The molecule has 3 nitrogen and oxygen atoms in total. The van der Waals surface area contributed by atoms with E-state index < -0.39 is 11.7 Å². The van der Waals surface area contributed by atoms with Gasteiger partial charge >= 0.3 is 0 Å². The third-order valence-electron chi connectivity index (χ3n) is 6.79. The Kier molecular flexibility index (Phi) is 11.2. The van der Waals surface area contributed by atoms with Crippen LogP contribution in [0.1, 0.15) is 91.4 Å². The van der Waals surface area contributed by atoms with E-state index in [0.717, 1.165) is 18.8 Å². The molecule has 3 aliphatic rings. The summed E-state index contributed by atoms with van der Waals surface area (Å²) in [6, 6.07) is 0. The van der Waals surface area contributed by atoms with Crippen molar-refractivity contribution < 1.29 is 23.0 Å². The van der Waals surface area contributed by atoms with Crippen LogP contribution in [0.3, 0.4) is 0 Å². The van der Waals surface area contributed by atoms with Gasteiger partial charge in [0.2, 0.25) is 0 Å². The Bertz CT molecular complexity index is 557. The first-order valence-corrected chi connectivity index (χ1v) is 12.2. The zero-order chi connectivity index (χ0) is 21.9. The minimum absolute atomic E-state index is 0.0677. The summed E-state index contributed by atoms with van der Waals surface area (Å²) in [6.45, 7) is 7.33. The van der Waals surface area contributed by atoms with Gasteiger partial charge < -0.3 is 14.2 Å².